The van der Waals surface area contributed by atoms with Gasteiger partial charge in [0.1, 0.15) is 5.75 Å². The van der Waals surface area contributed by atoms with Crippen molar-refractivity contribution in [2.75, 3.05) is 17.0 Å². The van der Waals surface area contributed by atoms with Gasteiger partial charge in [0, 0.05) is 11.1 Å². The van der Waals surface area contributed by atoms with Crippen molar-refractivity contribution in [3.8, 4) is 5.75 Å². The molecule has 2 aliphatic rings. The normalized spacial score (nSPS) is 21.5. The second-order valence-electron chi connectivity index (χ2n) is 6.09. The number of rotatable bonds is 3. The van der Waals surface area contributed by atoms with E-state index in [0.717, 1.165) is 10.5 Å². The van der Waals surface area contributed by atoms with Crippen LogP contribution in [0.5, 0.6) is 5.75 Å². The van der Waals surface area contributed by atoms with Crippen LogP contribution in [0.25, 0.3) is 0 Å². The number of fused-ring (bicyclic) bond motifs is 1. The average Bonchev–Trinajstić information content (AvgIpc) is 3.18. The predicted octanol–water partition coefficient (Wildman–Crippen LogP) is 3.15. The Morgan fingerprint density at radius 2 is 1.88 bits per heavy atom. The summed E-state index contributed by atoms with van der Waals surface area (Å²) < 4.78 is 5.21. The van der Waals surface area contributed by atoms with Crippen molar-refractivity contribution in [3.63, 3.8) is 0 Å². The van der Waals surface area contributed by atoms with Crippen LogP contribution in [-0.2, 0) is 9.59 Å². The Hall–Kier alpha value is -2.93. The van der Waals surface area contributed by atoms with E-state index in [1.807, 2.05) is 6.92 Å². The van der Waals surface area contributed by atoms with Gasteiger partial charge in [-0.3, -0.25) is 9.59 Å². The SMILES string of the molecule is COc1cccc(N2N=NC3C(=O)N(c4ccc(C)c(Cl)c4)C(=O)C32)c1. The van der Waals surface area contributed by atoms with Crippen LogP contribution in [-0.4, -0.2) is 31.0 Å². The smallest absolute Gasteiger partial charge is 0.263 e. The van der Waals surface area contributed by atoms with Crippen molar-refractivity contribution in [2.24, 2.45) is 10.3 Å². The Kier molecular flexibility index (Phi) is 3.88. The van der Waals surface area contributed by atoms with Gasteiger partial charge >= 0.3 is 0 Å². The predicted molar refractivity (Wildman–Crippen MR) is 96.6 cm³/mol. The average molecular weight is 371 g/mol. The van der Waals surface area contributed by atoms with Crippen LogP contribution in [0.4, 0.5) is 11.4 Å². The first-order valence-corrected chi connectivity index (χ1v) is 8.37. The van der Waals surface area contributed by atoms with Gasteiger partial charge in [0.25, 0.3) is 11.8 Å². The minimum absolute atomic E-state index is 0.382. The number of anilines is 2. The Morgan fingerprint density at radius 3 is 2.62 bits per heavy atom. The van der Waals surface area contributed by atoms with Crippen LogP contribution >= 0.6 is 11.6 Å². The molecular weight excluding hydrogens is 356 g/mol. The van der Waals surface area contributed by atoms with Crippen LogP contribution in [0.3, 0.4) is 0 Å². The number of imide groups is 1. The van der Waals surface area contributed by atoms with Crippen LogP contribution in [0, 0.1) is 6.92 Å². The number of hydrogen-bond donors (Lipinski definition) is 0. The molecule has 1 fully saturated rings. The van der Waals surface area contributed by atoms with E-state index in [9.17, 15) is 9.59 Å². The maximum Gasteiger partial charge on any atom is 0.263 e. The molecule has 8 heteroatoms. The highest BCUT2D eigenvalue weighted by atomic mass is 35.5. The minimum atomic E-state index is -0.867. The number of amides is 2. The third-order valence-corrected chi connectivity index (χ3v) is 4.92. The summed E-state index contributed by atoms with van der Waals surface area (Å²) in [4.78, 5) is 26.9. The lowest BCUT2D eigenvalue weighted by Gasteiger charge is -2.21. The molecule has 0 radical (unpaired) electrons. The van der Waals surface area contributed by atoms with Gasteiger partial charge < -0.3 is 4.74 Å². The van der Waals surface area contributed by atoms with E-state index in [1.165, 1.54) is 5.01 Å². The summed E-state index contributed by atoms with van der Waals surface area (Å²) in [5.74, 6) is -0.165. The largest absolute Gasteiger partial charge is 0.497 e. The number of methoxy groups -OCH3 is 1. The van der Waals surface area contributed by atoms with E-state index in [4.69, 9.17) is 16.3 Å². The number of carbonyl (C=O) groups excluding carboxylic acids is 2. The molecule has 2 amide bonds. The maximum atomic E-state index is 13.0. The Labute approximate surface area is 154 Å². The first kappa shape index (κ1) is 16.5. The summed E-state index contributed by atoms with van der Waals surface area (Å²) in [6.45, 7) is 1.85. The maximum absolute atomic E-state index is 13.0. The highest BCUT2D eigenvalue weighted by Crippen LogP contribution is 2.36. The van der Waals surface area contributed by atoms with Crippen LogP contribution in [0.1, 0.15) is 5.56 Å². The van der Waals surface area contributed by atoms with Crippen molar-refractivity contribution < 1.29 is 14.3 Å². The molecule has 2 aliphatic heterocycles. The summed E-state index contributed by atoms with van der Waals surface area (Å²) in [6.07, 6.45) is 0. The number of ether oxygens (including phenoxy) is 1. The Bertz CT molecular complexity index is 946. The molecule has 1 saturated heterocycles. The molecular formula is C18H15ClN4O3. The van der Waals surface area contributed by atoms with Gasteiger partial charge in [-0.05, 0) is 36.8 Å². The van der Waals surface area contributed by atoms with E-state index >= 15 is 0 Å². The molecule has 0 aromatic heterocycles. The number of benzene rings is 2. The molecule has 0 spiro atoms. The zero-order valence-electron chi connectivity index (χ0n) is 14.1. The number of halogens is 1. The first-order chi connectivity index (χ1) is 12.5. The number of aryl methyl sites for hydroxylation is 1. The standard InChI is InChI=1S/C18H15ClN4O3/c1-10-6-7-11(9-14(10)19)22-17(24)15-16(18(22)25)23(21-20-15)12-4-3-5-13(8-12)26-2/h3-9,15-16H,1-2H3. The minimum Gasteiger partial charge on any atom is -0.497 e. The van der Waals surface area contributed by atoms with E-state index < -0.39 is 18.0 Å². The van der Waals surface area contributed by atoms with Crippen LogP contribution < -0.4 is 14.6 Å². The van der Waals surface area contributed by atoms with Gasteiger partial charge in [0.2, 0.25) is 0 Å². The van der Waals surface area contributed by atoms with Gasteiger partial charge in [0.05, 0.1) is 18.5 Å². The van der Waals surface area contributed by atoms with Crippen molar-refractivity contribution in [1.82, 2.24) is 0 Å². The molecule has 2 aromatic carbocycles. The number of hydrogen-bond acceptors (Lipinski definition) is 6. The van der Waals surface area contributed by atoms with Crippen LogP contribution in [0.15, 0.2) is 52.8 Å². The molecule has 0 aliphatic carbocycles. The second kappa shape index (κ2) is 6.10. The molecule has 132 valence electrons. The van der Waals surface area contributed by atoms with E-state index in [1.54, 1.807) is 49.6 Å². The molecule has 7 nitrogen and oxygen atoms in total. The summed E-state index contributed by atoms with van der Waals surface area (Å²) in [7, 11) is 1.56. The highest BCUT2D eigenvalue weighted by Gasteiger charge is 2.55. The lowest BCUT2D eigenvalue weighted by atomic mass is 10.1. The lowest BCUT2D eigenvalue weighted by molar-refractivity contribution is -0.121. The molecule has 4 rings (SSSR count). The summed E-state index contributed by atoms with van der Waals surface area (Å²) in [6, 6.07) is 10.5. The molecule has 0 bridgehead atoms. The van der Waals surface area contributed by atoms with Crippen molar-refractivity contribution in [3.05, 3.63) is 53.1 Å². The number of carbonyl (C=O) groups is 2. The molecule has 2 heterocycles. The topological polar surface area (TPSA) is 74.6 Å². The fourth-order valence-electron chi connectivity index (χ4n) is 3.10. The van der Waals surface area contributed by atoms with Gasteiger partial charge in [-0.2, -0.15) is 5.11 Å². The Balaban J connectivity index is 1.70. The summed E-state index contributed by atoms with van der Waals surface area (Å²) in [5, 5.41) is 10.0. The molecule has 2 atom stereocenters. The first-order valence-electron chi connectivity index (χ1n) is 7.99. The molecule has 0 N–H and O–H groups in total. The fraction of sp³-hybridized carbons (Fsp3) is 0.222. The summed E-state index contributed by atoms with van der Waals surface area (Å²) >= 11 is 6.15. The second-order valence-corrected chi connectivity index (χ2v) is 6.49. The molecule has 2 aromatic rings. The number of nitrogens with zero attached hydrogens (tertiary/aromatic N) is 4. The van der Waals surface area contributed by atoms with Crippen molar-refractivity contribution in [2.45, 2.75) is 19.0 Å². The van der Waals surface area contributed by atoms with Gasteiger partial charge in [-0.15, -0.1) is 0 Å². The highest BCUT2D eigenvalue weighted by molar-refractivity contribution is 6.32. The Morgan fingerprint density at radius 1 is 1.08 bits per heavy atom. The molecule has 2 unspecified atom stereocenters. The third kappa shape index (κ3) is 2.43. The zero-order valence-corrected chi connectivity index (χ0v) is 14.8. The van der Waals surface area contributed by atoms with Gasteiger partial charge in [-0.1, -0.05) is 29.0 Å². The summed E-state index contributed by atoms with van der Waals surface area (Å²) in [5.41, 5.74) is 1.93. The third-order valence-electron chi connectivity index (χ3n) is 4.51. The molecule has 0 saturated carbocycles. The monoisotopic (exact) mass is 370 g/mol. The van der Waals surface area contributed by atoms with E-state index in [-0.39, 0.29) is 5.91 Å². The molecule has 26 heavy (non-hydrogen) atoms. The fourth-order valence-corrected chi connectivity index (χ4v) is 3.28. The van der Waals surface area contributed by atoms with E-state index in [2.05, 4.69) is 10.3 Å². The van der Waals surface area contributed by atoms with Crippen molar-refractivity contribution in [1.29, 1.82) is 0 Å². The van der Waals surface area contributed by atoms with E-state index in [0.29, 0.717) is 22.1 Å². The van der Waals surface area contributed by atoms with Gasteiger partial charge in [0.15, 0.2) is 12.1 Å². The lowest BCUT2D eigenvalue weighted by Crippen LogP contribution is -2.39. The van der Waals surface area contributed by atoms with Crippen LogP contribution in [0.2, 0.25) is 5.02 Å². The van der Waals surface area contributed by atoms with Gasteiger partial charge in [-0.25, -0.2) is 9.91 Å². The quantitative estimate of drug-likeness (QED) is 0.778. The van der Waals surface area contributed by atoms with Crippen molar-refractivity contribution >= 4 is 34.8 Å². The zero-order chi connectivity index (χ0) is 18.4.